The highest BCUT2D eigenvalue weighted by Gasteiger charge is 2.19. The third-order valence-electron chi connectivity index (χ3n) is 17.6. The van der Waals surface area contributed by atoms with E-state index in [4.69, 9.17) is 61.9 Å². The van der Waals surface area contributed by atoms with Gasteiger partial charge in [-0.2, -0.15) is 0 Å². The van der Waals surface area contributed by atoms with Crippen molar-refractivity contribution in [1.82, 2.24) is 0 Å². The standard InChI is InChI=1S/C13H16BrNO2.C13H16ClNO2.C13H16FNO2.C13H16INO2.C12H14BrNO2.C12H14ClNO2.C12H14FNO2.C12H14INO2/c4*1-4-9(2)15-17-8-12-11(10(3)16)6-5-7-13(12)14;4*1-8(2)14-16-7-11-10(9(3)15)5-4-6-12(11)13/h4*5-7H,4,8H2,1-3H3;4*4-6H,7H2,1-3H3. The van der Waals surface area contributed by atoms with Crippen LogP contribution in [0.5, 0.6) is 0 Å². The van der Waals surface area contributed by atoms with E-state index in [9.17, 15) is 47.1 Å². The molecule has 0 aliphatic carbocycles. The maximum absolute atomic E-state index is 13.5. The predicted molar refractivity (Wildman–Crippen MR) is 549 cm³/mol. The topological polar surface area (TPSA) is 309 Å². The van der Waals surface area contributed by atoms with Gasteiger partial charge in [0.15, 0.2) is 46.3 Å². The Morgan fingerprint density at radius 3 is 0.659 bits per heavy atom. The number of ketones is 8. The van der Waals surface area contributed by atoms with E-state index in [0.717, 1.165) is 110 Å². The fourth-order valence-corrected chi connectivity index (χ4v) is 13.0. The lowest BCUT2D eigenvalue weighted by molar-refractivity contribution is 0.0991. The highest BCUT2D eigenvalue weighted by atomic mass is 127. The first-order chi connectivity index (χ1) is 62.3. The van der Waals surface area contributed by atoms with Crippen molar-refractivity contribution in [2.24, 2.45) is 41.2 Å². The van der Waals surface area contributed by atoms with Crippen molar-refractivity contribution in [3.8, 4) is 0 Å². The molecule has 0 bridgehead atoms. The average Bonchev–Trinajstić information content (AvgIpc) is 0.898. The van der Waals surface area contributed by atoms with Gasteiger partial charge in [0.25, 0.3) is 0 Å². The molecule has 24 nitrogen and oxygen atoms in total. The van der Waals surface area contributed by atoms with Crippen LogP contribution in [0.1, 0.15) is 319 Å². The summed E-state index contributed by atoms with van der Waals surface area (Å²) < 4.78 is 30.8. The van der Waals surface area contributed by atoms with E-state index in [-0.39, 0.29) is 83.8 Å². The Morgan fingerprint density at radius 1 is 0.258 bits per heavy atom. The quantitative estimate of drug-likeness (QED) is 0.0152. The van der Waals surface area contributed by atoms with E-state index < -0.39 is 11.6 Å². The zero-order valence-electron chi connectivity index (χ0n) is 79.5. The van der Waals surface area contributed by atoms with E-state index in [1.165, 1.54) is 52.0 Å². The van der Waals surface area contributed by atoms with Crippen LogP contribution in [-0.2, 0) is 91.6 Å². The van der Waals surface area contributed by atoms with Gasteiger partial charge >= 0.3 is 0 Å². The second-order valence-electron chi connectivity index (χ2n) is 29.6. The van der Waals surface area contributed by atoms with Crippen molar-refractivity contribution in [2.45, 2.75) is 245 Å². The van der Waals surface area contributed by atoms with Crippen molar-refractivity contribution >= 4 is 192 Å². The number of carbonyl (C=O) groups excluding carboxylic acids is 8. The number of halogens is 8. The number of hydrogen-bond donors (Lipinski definition) is 0. The van der Waals surface area contributed by atoms with Gasteiger partial charge in [0.1, 0.15) is 64.5 Å². The molecule has 8 aromatic carbocycles. The van der Waals surface area contributed by atoms with Crippen LogP contribution in [0.3, 0.4) is 0 Å². The van der Waals surface area contributed by atoms with Crippen LogP contribution in [-0.4, -0.2) is 92.0 Å². The Morgan fingerprint density at radius 2 is 0.432 bits per heavy atom. The molecule has 0 amide bonds. The van der Waals surface area contributed by atoms with Crippen LogP contribution >= 0.6 is 100 Å². The summed E-state index contributed by atoms with van der Waals surface area (Å²) >= 11 is 23.3. The molecule has 8 aromatic rings. The SMILES string of the molecule is CC(=O)c1cccc(Br)c1CON=C(C)C.CC(=O)c1cccc(Cl)c1CON=C(C)C.CC(=O)c1cccc(F)c1CON=C(C)C.CC(=O)c1cccc(I)c1CON=C(C)C.CCC(C)=NOCc1c(Br)cccc1C(C)=O.CCC(C)=NOCc1c(Cl)cccc1C(C)=O.CCC(C)=NOCc1c(F)cccc1C(C)=O.CCC(C)=NOCc1c(I)cccc1C(C)=O. The van der Waals surface area contributed by atoms with Gasteiger partial charge in [0.2, 0.25) is 0 Å². The van der Waals surface area contributed by atoms with Crippen LogP contribution in [0.4, 0.5) is 8.78 Å². The smallest absolute Gasteiger partial charge is 0.160 e. The molecule has 0 aromatic heterocycles. The molecule has 0 saturated heterocycles. The number of rotatable bonds is 36. The number of Topliss-reactive ketones (excluding diaryl/α,β-unsaturated/α-hetero) is 8. The fourth-order valence-electron chi connectivity index (χ4n) is 10.3. The molecule has 0 atom stereocenters. The van der Waals surface area contributed by atoms with E-state index in [1.807, 2.05) is 158 Å². The van der Waals surface area contributed by atoms with E-state index in [0.29, 0.717) is 92.1 Å². The molecule has 32 heteroatoms. The molecule has 8 rings (SSSR count). The van der Waals surface area contributed by atoms with Crippen LogP contribution < -0.4 is 0 Å². The summed E-state index contributed by atoms with van der Waals surface area (Å²) in [5, 5.41) is 32.0. The van der Waals surface area contributed by atoms with Crippen molar-refractivity contribution < 1.29 is 85.8 Å². The molecule has 0 spiro atoms. The Labute approximate surface area is 829 Å². The number of hydrogen-bond acceptors (Lipinski definition) is 24. The maximum Gasteiger partial charge on any atom is 0.160 e. The van der Waals surface area contributed by atoms with Gasteiger partial charge < -0.3 is 38.7 Å². The lowest BCUT2D eigenvalue weighted by Gasteiger charge is -2.08. The second kappa shape index (κ2) is 66.2. The van der Waals surface area contributed by atoms with E-state index in [1.54, 1.807) is 102 Å². The van der Waals surface area contributed by atoms with Gasteiger partial charge in [-0.15, -0.1) is 0 Å². The maximum atomic E-state index is 13.5. The molecule has 0 N–H and O–H groups in total. The van der Waals surface area contributed by atoms with Crippen molar-refractivity contribution in [1.29, 1.82) is 0 Å². The average molecular weight is 2210 g/mol. The van der Waals surface area contributed by atoms with Gasteiger partial charge in [-0.1, -0.05) is 221 Å². The molecule has 132 heavy (non-hydrogen) atoms. The van der Waals surface area contributed by atoms with Crippen LogP contribution in [0.2, 0.25) is 10.0 Å². The molecular formula is C100H120Br2Cl2F2I2N8O16. The van der Waals surface area contributed by atoms with E-state index in [2.05, 4.69) is 118 Å². The summed E-state index contributed by atoms with van der Waals surface area (Å²) in [5.41, 5.74) is 16.8. The Kier molecular flexibility index (Phi) is 60.0. The first-order valence-corrected chi connectivity index (χ1v) is 46.2. The number of nitrogens with zero attached hydrogens (tertiary/aromatic N) is 8. The lowest BCUT2D eigenvalue weighted by Crippen LogP contribution is -2.04. The molecule has 0 heterocycles. The van der Waals surface area contributed by atoms with Gasteiger partial charge in [0, 0.05) is 115 Å². The highest BCUT2D eigenvalue weighted by molar-refractivity contribution is 14.1. The molecule has 0 saturated carbocycles. The van der Waals surface area contributed by atoms with Crippen LogP contribution in [0.25, 0.3) is 0 Å². The van der Waals surface area contributed by atoms with Crippen LogP contribution in [0, 0.1) is 18.8 Å². The minimum Gasteiger partial charge on any atom is -0.391 e. The van der Waals surface area contributed by atoms with E-state index >= 15 is 0 Å². The summed E-state index contributed by atoms with van der Waals surface area (Å²) in [6.07, 6.45) is 3.33. The summed E-state index contributed by atoms with van der Waals surface area (Å²) in [4.78, 5) is 132. The molecule has 0 aliphatic heterocycles. The summed E-state index contributed by atoms with van der Waals surface area (Å²) in [5.74, 6) is -1.15. The normalized spacial score (nSPS) is 10.6. The molecule has 0 fully saturated rings. The van der Waals surface area contributed by atoms with Crippen molar-refractivity contribution in [3.05, 3.63) is 272 Å². The number of carbonyl (C=O) groups is 8. The van der Waals surface area contributed by atoms with Crippen LogP contribution in [0.15, 0.2) is 196 Å². The third-order valence-corrected chi connectivity index (χ3v) is 21.8. The Balaban J connectivity index is 0.000000754. The molecule has 0 aliphatic rings. The van der Waals surface area contributed by atoms with Crippen molar-refractivity contribution in [3.63, 3.8) is 0 Å². The monoisotopic (exact) mass is 2210 g/mol. The third kappa shape index (κ3) is 46.9. The number of benzene rings is 8. The largest absolute Gasteiger partial charge is 0.391 e. The summed E-state index contributed by atoms with van der Waals surface area (Å²) in [6.45, 7) is 43.8. The molecule has 0 radical (unpaired) electrons. The van der Waals surface area contributed by atoms with Crippen molar-refractivity contribution in [2.75, 3.05) is 0 Å². The fraction of sp³-hybridized carbons (Fsp3) is 0.360. The minimum atomic E-state index is -0.448. The first-order valence-electron chi connectivity index (χ1n) is 41.7. The number of oxime groups is 8. The van der Waals surface area contributed by atoms with Gasteiger partial charge in [-0.05, 0) is 258 Å². The predicted octanol–water partition coefficient (Wildman–Crippen LogP) is 28.3. The zero-order chi connectivity index (χ0) is 99.9. The van der Waals surface area contributed by atoms with Gasteiger partial charge in [-0.3, -0.25) is 38.4 Å². The summed E-state index contributed by atoms with van der Waals surface area (Å²) in [7, 11) is 0. The first kappa shape index (κ1) is 120. The van der Waals surface area contributed by atoms with Gasteiger partial charge in [0.05, 0.1) is 45.7 Å². The molecule has 712 valence electrons. The second-order valence-corrected chi connectivity index (χ2v) is 34.5. The minimum absolute atomic E-state index is 0.0251. The molecule has 0 unspecified atom stereocenters. The molecular weight excluding hydrogens is 2090 g/mol. The highest BCUT2D eigenvalue weighted by Crippen LogP contribution is 2.28. The zero-order valence-corrected chi connectivity index (χ0v) is 88.5. The lowest BCUT2D eigenvalue weighted by atomic mass is 10.0. The summed E-state index contributed by atoms with van der Waals surface area (Å²) in [6, 6.07) is 41.5. The Hall–Kier alpha value is -10.3. The Bertz CT molecular complexity index is 4790. The van der Waals surface area contributed by atoms with Gasteiger partial charge in [-0.25, -0.2) is 8.78 Å².